The topological polar surface area (TPSA) is 20.2 Å². The van der Waals surface area contributed by atoms with Crippen molar-refractivity contribution in [2.24, 2.45) is 0 Å². The Labute approximate surface area is 93.3 Å². The van der Waals surface area contributed by atoms with Gasteiger partial charge in [0.2, 0.25) is 0 Å². The highest BCUT2D eigenvalue weighted by Crippen LogP contribution is 2.05. The molecule has 0 saturated carbocycles. The van der Waals surface area contributed by atoms with Crippen LogP contribution in [0.2, 0.25) is 0 Å². The van der Waals surface area contributed by atoms with Crippen LogP contribution < -0.4 is 0 Å². The van der Waals surface area contributed by atoms with Gasteiger partial charge in [0, 0.05) is 12.2 Å². The van der Waals surface area contributed by atoms with E-state index in [9.17, 15) is 0 Å². The Morgan fingerprint density at radius 3 is 2.50 bits per heavy atom. The van der Waals surface area contributed by atoms with Gasteiger partial charge in [-0.15, -0.1) is 0 Å². The number of benzene rings is 1. The van der Waals surface area contributed by atoms with Gasteiger partial charge in [-0.25, -0.2) is 0 Å². The summed E-state index contributed by atoms with van der Waals surface area (Å²) in [6, 6.07) is 8.16. The van der Waals surface area contributed by atoms with Crippen molar-refractivity contribution in [1.29, 1.82) is 0 Å². The number of hydrogen-bond acceptors (Lipinski definition) is 1. The van der Waals surface area contributed by atoms with Gasteiger partial charge in [-0.3, -0.25) is 0 Å². The van der Waals surface area contributed by atoms with Gasteiger partial charge in [0.25, 0.3) is 0 Å². The Kier molecular flexibility index (Phi) is 5.36. The Morgan fingerprint density at radius 1 is 1.21 bits per heavy atom. The normalized spacial score (nSPS) is 9.29. The van der Waals surface area contributed by atoms with E-state index in [1.807, 2.05) is 12.1 Å². The first-order chi connectivity index (χ1) is 6.86. The predicted molar refractivity (Wildman–Crippen MR) is 62.5 cm³/mol. The van der Waals surface area contributed by atoms with Crippen LogP contribution in [0, 0.1) is 11.8 Å². The van der Waals surface area contributed by atoms with E-state index in [-0.39, 0.29) is 6.61 Å². The maximum absolute atomic E-state index is 8.67. The van der Waals surface area contributed by atoms with Gasteiger partial charge in [0.1, 0.15) is 0 Å². The summed E-state index contributed by atoms with van der Waals surface area (Å²) in [5.41, 5.74) is 2.29. The number of alkyl halides is 1. The van der Waals surface area contributed by atoms with Crippen molar-refractivity contribution in [2.45, 2.75) is 12.8 Å². The minimum atomic E-state index is 0.255. The molecule has 1 aromatic rings. The molecule has 74 valence electrons. The molecule has 0 radical (unpaired) electrons. The van der Waals surface area contributed by atoms with Gasteiger partial charge < -0.3 is 5.11 Å². The third-order valence-corrected chi connectivity index (χ3v) is 2.16. The van der Waals surface area contributed by atoms with E-state index in [0.717, 1.165) is 18.4 Å². The molecule has 0 aliphatic heterocycles. The third-order valence-electron chi connectivity index (χ3n) is 1.88. The molecule has 0 unspecified atom stereocenters. The van der Waals surface area contributed by atoms with Crippen LogP contribution >= 0.6 is 15.9 Å². The summed E-state index contributed by atoms with van der Waals surface area (Å²) in [6.45, 7) is 0.255. The number of rotatable bonds is 3. The largest absolute Gasteiger partial charge is 0.396 e. The molecule has 0 fully saturated rings. The lowest BCUT2D eigenvalue weighted by Crippen LogP contribution is -1.89. The lowest BCUT2D eigenvalue weighted by Gasteiger charge is -1.98. The first-order valence-electron chi connectivity index (χ1n) is 4.61. The van der Waals surface area contributed by atoms with E-state index < -0.39 is 0 Å². The zero-order valence-corrected chi connectivity index (χ0v) is 9.55. The lowest BCUT2D eigenvalue weighted by molar-refractivity contribution is 0.288. The number of hydrogen-bond donors (Lipinski definition) is 1. The average molecular weight is 253 g/mol. The van der Waals surface area contributed by atoms with Crippen LogP contribution in [0.4, 0.5) is 0 Å². The second kappa shape index (κ2) is 6.64. The molecule has 1 rings (SSSR count). The fraction of sp³-hybridized carbons (Fsp3) is 0.333. The van der Waals surface area contributed by atoms with Gasteiger partial charge in [-0.1, -0.05) is 39.9 Å². The molecule has 0 aliphatic carbocycles. The third kappa shape index (κ3) is 3.95. The molecule has 0 bridgehead atoms. The van der Waals surface area contributed by atoms with Crippen LogP contribution in [0.15, 0.2) is 24.3 Å². The van der Waals surface area contributed by atoms with Gasteiger partial charge in [-0.2, -0.15) is 0 Å². The molecule has 0 aromatic heterocycles. The molecule has 0 heterocycles. The van der Waals surface area contributed by atoms with Crippen molar-refractivity contribution in [1.82, 2.24) is 0 Å². The lowest BCUT2D eigenvalue weighted by atomic mass is 10.1. The molecule has 0 spiro atoms. The summed E-state index contributed by atoms with van der Waals surface area (Å²) in [7, 11) is 0. The van der Waals surface area contributed by atoms with E-state index in [0.29, 0.717) is 5.33 Å². The fourth-order valence-corrected chi connectivity index (χ4v) is 1.31. The molecule has 0 aliphatic rings. The molecular weight excluding hydrogens is 240 g/mol. The van der Waals surface area contributed by atoms with Crippen molar-refractivity contribution < 1.29 is 5.11 Å². The highest BCUT2D eigenvalue weighted by molar-refractivity contribution is 9.09. The van der Waals surface area contributed by atoms with E-state index >= 15 is 0 Å². The number of aliphatic hydroxyl groups excluding tert-OH is 1. The minimum Gasteiger partial charge on any atom is -0.396 e. The quantitative estimate of drug-likeness (QED) is 0.647. The van der Waals surface area contributed by atoms with Crippen molar-refractivity contribution in [3.05, 3.63) is 35.4 Å². The summed E-state index contributed by atoms with van der Waals surface area (Å²) < 4.78 is 0. The molecule has 1 aromatic carbocycles. The van der Waals surface area contributed by atoms with Crippen molar-refractivity contribution in [3.8, 4) is 11.8 Å². The van der Waals surface area contributed by atoms with Crippen LogP contribution in [0.25, 0.3) is 0 Å². The van der Waals surface area contributed by atoms with Crippen LogP contribution in [0.3, 0.4) is 0 Å². The second-order valence-electron chi connectivity index (χ2n) is 2.96. The first-order valence-corrected chi connectivity index (χ1v) is 5.73. The Morgan fingerprint density at radius 2 is 1.93 bits per heavy atom. The minimum absolute atomic E-state index is 0.255. The Hall–Kier alpha value is -0.780. The van der Waals surface area contributed by atoms with Crippen molar-refractivity contribution in [2.75, 3.05) is 11.9 Å². The van der Waals surface area contributed by atoms with Gasteiger partial charge in [0.05, 0.1) is 5.33 Å². The number of halogens is 1. The Balaban J connectivity index is 2.59. The van der Waals surface area contributed by atoms with Crippen LogP contribution in [0.5, 0.6) is 0 Å². The van der Waals surface area contributed by atoms with E-state index in [2.05, 4.69) is 39.9 Å². The molecule has 0 amide bonds. The molecule has 1 N–H and O–H groups in total. The van der Waals surface area contributed by atoms with Crippen molar-refractivity contribution in [3.63, 3.8) is 0 Å². The second-order valence-corrected chi connectivity index (χ2v) is 3.52. The number of aliphatic hydroxyl groups is 1. The Bertz CT molecular complexity index is 318. The highest BCUT2D eigenvalue weighted by atomic mass is 79.9. The zero-order chi connectivity index (χ0) is 10.2. The zero-order valence-electron chi connectivity index (χ0n) is 7.96. The van der Waals surface area contributed by atoms with E-state index in [1.165, 1.54) is 5.56 Å². The maximum Gasteiger partial charge on any atom is 0.0649 e. The fourth-order valence-electron chi connectivity index (χ4n) is 1.17. The molecule has 14 heavy (non-hydrogen) atoms. The van der Waals surface area contributed by atoms with Crippen LogP contribution in [-0.2, 0) is 6.42 Å². The summed E-state index contributed by atoms with van der Waals surface area (Å²) in [6.07, 6.45) is 1.76. The SMILES string of the molecule is OCCCc1ccc(C#CCBr)cc1. The summed E-state index contributed by atoms with van der Waals surface area (Å²) in [5, 5.41) is 9.38. The standard InChI is InChI=1S/C12H13BrO/c13-9-1-3-11-5-7-12(8-6-11)4-2-10-14/h5-8,14H,2,4,9-10H2. The van der Waals surface area contributed by atoms with E-state index in [4.69, 9.17) is 5.11 Å². The molecular formula is C12H13BrO. The number of aryl methyl sites for hydroxylation is 1. The van der Waals surface area contributed by atoms with Gasteiger partial charge in [0.15, 0.2) is 0 Å². The molecule has 0 saturated heterocycles. The summed E-state index contributed by atoms with van der Waals surface area (Å²) >= 11 is 3.25. The monoisotopic (exact) mass is 252 g/mol. The summed E-state index contributed by atoms with van der Waals surface area (Å²) in [4.78, 5) is 0. The molecule has 2 heteroatoms. The van der Waals surface area contributed by atoms with Crippen LogP contribution in [-0.4, -0.2) is 17.0 Å². The maximum atomic E-state index is 8.67. The highest BCUT2D eigenvalue weighted by Gasteiger charge is 1.92. The van der Waals surface area contributed by atoms with Gasteiger partial charge >= 0.3 is 0 Å². The van der Waals surface area contributed by atoms with Gasteiger partial charge in [-0.05, 0) is 30.5 Å². The van der Waals surface area contributed by atoms with Crippen LogP contribution in [0.1, 0.15) is 17.5 Å². The van der Waals surface area contributed by atoms with Crippen molar-refractivity contribution >= 4 is 15.9 Å². The first kappa shape index (κ1) is 11.3. The molecule has 0 atom stereocenters. The van der Waals surface area contributed by atoms with E-state index in [1.54, 1.807) is 0 Å². The predicted octanol–water partition coefficient (Wildman–Crippen LogP) is 2.36. The average Bonchev–Trinajstić information content (AvgIpc) is 2.25. The smallest absolute Gasteiger partial charge is 0.0649 e. The molecule has 1 nitrogen and oxygen atoms in total. The summed E-state index contributed by atoms with van der Waals surface area (Å²) in [5.74, 6) is 5.99.